The van der Waals surface area contributed by atoms with Crippen molar-refractivity contribution < 1.29 is 19.2 Å². The highest BCUT2D eigenvalue weighted by molar-refractivity contribution is 5.81. The number of ketones is 1. The minimum atomic E-state index is -1.39. The number of hydrogen-bond acceptors (Lipinski definition) is 5. The third kappa shape index (κ3) is 3.01. The summed E-state index contributed by atoms with van der Waals surface area (Å²) < 4.78 is 4.66. The van der Waals surface area contributed by atoms with Crippen LogP contribution >= 0.6 is 0 Å². The molecule has 0 bridgehead atoms. The van der Waals surface area contributed by atoms with Gasteiger partial charge in [-0.2, -0.15) is 0 Å². The Morgan fingerprint density at radius 1 is 1.69 bits per heavy atom. The summed E-state index contributed by atoms with van der Waals surface area (Å²) in [5.41, 5.74) is 0. The number of rotatable bonds is 4. The van der Waals surface area contributed by atoms with E-state index in [4.69, 9.17) is 0 Å². The molecule has 0 aliphatic heterocycles. The average molecular weight is 229 g/mol. The molecule has 0 aromatic carbocycles. The molecule has 1 fully saturated rings. The summed E-state index contributed by atoms with van der Waals surface area (Å²) in [6.45, 7) is 1.71. The van der Waals surface area contributed by atoms with E-state index in [1.807, 2.05) is 0 Å². The first kappa shape index (κ1) is 12.6. The van der Waals surface area contributed by atoms with Crippen molar-refractivity contribution >= 4 is 11.8 Å². The summed E-state index contributed by atoms with van der Waals surface area (Å²) in [6, 6.07) is -1.39. The van der Waals surface area contributed by atoms with Crippen LogP contribution < -0.4 is 0 Å². The summed E-state index contributed by atoms with van der Waals surface area (Å²) >= 11 is 0. The van der Waals surface area contributed by atoms with Crippen LogP contribution in [0, 0.1) is 16.0 Å². The average Bonchev–Trinajstić information content (AvgIpc) is 2.17. The van der Waals surface area contributed by atoms with Crippen LogP contribution in [0.4, 0.5) is 0 Å². The van der Waals surface area contributed by atoms with Crippen LogP contribution in [-0.2, 0) is 14.3 Å². The molecule has 1 rings (SSSR count). The zero-order valence-electron chi connectivity index (χ0n) is 9.18. The Morgan fingerprint density at radius 2 is 2.38 bits per heavy atom. The predicted molar refractivity (Wildman–Crippen MR) is 54.4 cm³/mol. The first-order valence-electron chi connectivity index (χ1n) is 5.38. The van der Waals surface area contributed by atoms with Gasteiger partial charge < -0.3 is 4.74 Å². The van der Waals surface area contributed by atoms with Crippen LogP contribution in [-0.4, -0.2) is 29.3 Å². The lowest BCUT2D eigenvalue weighted by Crippen LogP contribution is -2.40. The van der Waals surface area contributed by atoms with Gasteiger partial charge in [-0.05, 0) is 19.8 Å². The fourth-order valence-electron chi connectivity index (χ4n) is 2.01. The van der Waals surface area contributed by atoms with E-state index in [1.54, 1.807) is 6.92 Å². The molecule has 6 heteroatoms. The molecule has 90 valence electrons. The summed E-state index contributed by atoms with van der Waals surface area (Å²) in [7, 11) is 0. The molecule has 6 nitrogen and oxygen atoms in total. The van der Waals surface area contributed by atoms with Gasteiger partial charge in [0.1, 0.15) is 5.78 Å². The third-order valence-electron chi connectivity index (χ3n) is 2.72. The molecule has 0 heterocycles. The van der Waals surface area contributed by atoms with E-state index in [9.17, 15) is 19.7 Å². The highest BCUT2D eigenvalue weighted by Crippen LogP contribution is 2.26. The SMILES string of the molecule is CCOC(=O)[C@@H]([C@@H]1CCCC(=O)C1)[N+](=O)[O-]. The minimum absolute atomic E-state index is 0.00704. The molecule has 0 N–H and O–H groups in total. The van der Waals surface area contributed by atoms with Crippen molar-refractivity contribution in [1.82, 2.24) is 0 Å². The maximum atomic E-state index is 11.4. The minimum Gasteiger partial charge on any atom is -0.461 e. The summed E-state index contributed by atoms with van der Waals surface area (Å²) in [5.74, 6) is -1.34. The fraction of sp³-hybridized carbons (Fsp3) is 0.800. The normalized spacial score (nSPS) is 22.6. The van der Waals surface area contributed by atoms with Gasteiger partial charge in [0.15, 0.2) is 0 Å². The van der Waals surface area contributed by atoms with Crippen molar-refractivity contribution in [3.8, 4) is 0 Å². The van der Waals surface area contributed by atoms with Crippen LogP contribution in [0.1, 0.15) is 32.6 Å². The molecular weight excluding hydrogens is 214 g/mol. The van der Waals surface area contributed by atoms with E-state index in [0.717, 1.165) is 0 Å². The molecular formula is C10H15NO5. The largest absolute Gasteiger partial charge is 0.461 e. The van der Waals surface area contributed by atoms with E-state index in [2.05, 4.69) is 4.74 Å². The van der Waals surface area contributed by atoms with E-state index >= 15 is 0 Å². The van der Waals surface area contributed by atoms with Crippen LogP contribution in [0.2, 0.25) is 0 Å². The van der Waals surface area contributed by atoms with Gasteiger partial charge in [0.05, 0.1) is 6.61 Å². The number of carbonyl (C=O) groups is 2. The lowest BCUT2D eigenvalue weighted by Gasteiger charge is -2.22. The Bertz CT molecular complexity index is 302. The van der Waals surface area contributed by atoms with Gasteiger partial charge in [0, 0.05) is 23.7 Å². The van der Waals surface area contributed by atoms with Gasteiger partial charge in [-0.1, -0.05) is 0 Å². The fourth-order valence-corrected chi connectivity index (χ4v) is 2.01. The summed E-state index contributed by atoms with van der Waals surface area (Å²) in [4.78, 5) is 32.8. The number of esters is 1. The predicted octanol–water partition coefficient (Wildman–Crippen LogP) is 0.954. The standard InChI is InChI=1S/C10H15NO5/c1-2-16-10(13)9(11(14)15)7-4-3-5-8(12)6-7/h7,9H,2-6H2,1H3/t7-,9-/m1/s1. The van der Waals surface area contributed by atoms with Crippen molar-refractivity contribution in [2.24, 2.45) is 5.92 Å². The highest BCUT2D eigenvalue weighted by Gasteiger charge is 2.42. The Kier molecular flexibility index (Phi) is 4.39. The summed E-state index contributed by atoms with van der Waals surface area (Å²) in [6.07, 6.45) is 1.73. The first-order chi connectivity index (χ1) is 7.56. The first-order valence-corrected chi connectivity index (χ1v) is 5.38. The van der Waals surface area contributed by atoms with Crippen molar-refractivity contribution in [3.63, 3.8) is 0 Å². The Labute approximate surface area is 93.1 Å². The number of carbonyl (C=O) groups excluding carboxylic acids is 2. The third-order valence-corrected chi connectivity index (χ3v) is 2.72. The van der Waals surface area contributed by atoms with Gasteiger partial charge in [-0.15, -0.1) is 0 Å². The van der Waals surface area contributed by atoms with Gasteiger partial charge >= 0.3 is 12.0 Å². The molecule has 0 amide bonds. The maximum Gasteiger partial charge on any atom is 0.381 e. The van der Waals surface area contributed by atoms with Crippen LogP contribution in [0.15, 0.2) is 0 Å². The molecule has 1 aliphatic rings. The molecule has 0 spiro atoms. The number of hydrogen-bond donors (Lipinski definition) is 0. The van der Waals surface area contributed by atoms with Gasteiger partial charge in [0.25, 0.3) is 0 Å². The molecule has 0 unspecified atom stereocenters. The second kappa shape index (κ2) is 5.58. The zero-order valence-corrected chi connectivity index (χ0v) is 9.18. The molecule has 1 saturated carbocycles. The Balaban J connectivity index is 2.72. The highest BCUT2D eigenvalue weighted by atomic mass is 16.6. The summed E-state index contributed by atoms with van der Waals surface area (Å²) in [5, 5.41) is 10.8. The lowest BCUT2D eigenvalue weighted by molar-refractivity contribution is -0.520. The molecule has 16 heavy (non-hydrogen) atoms. The van der Waals surface area contributed by atoms with E-state index < -0.39 is 22.9 Å². The molecule has 0 aromatic heterocycles. The molecule has 1 aliphatic carbocycles. The molecule has 0 aromatic rings. The van der Waals surface area contributed by atoms with Crippen molar-refractivity contribution in [2.75, 3.05) is 6.61 Å². The topological polar surface area (TPSA) is 86.5 Å². The van der Waals surface area contributed by atoms with Crippen molar-refractivity contribution in [1.29, 1.82) is 0 Å². The molecule has 2 atom stereocenters. The van der Waals surface area contributed by atoms with E-state index in [1.165, 1.54) is 0 Å². The van der Waals surface area contributed by atoms with E-state index in [0.29, 0.717) is 19.3 Å². The second-order valence-electron chi connectivity index (χ2n) is 3.88. The molecule has 0 saturated heterocycles. The lowest BCUT2D eigenvalue weighted by atomic mass is 9.83. The van der Waals surface area contributed by atoms with Crippen LogP contribution in [0.25, 0.3) is 0 Å². The second-order valence-corrected chi connectivity index (χ2v) is 3.88. The van der Waals surface area contributed by atoms with Gasteiger partial charge in [-0.25, -0.2) is 4.79 Å². The number of Topliss-reactive ketones (excluding diaryl/α,β-unsaturated/α-hetero) is 1. The van der Waals surface area contributed by atoms with Crippen molar-refractivity contribution in [2.45, 2.75) is 38.6 Å². The van der Waals surface area contributed by atoms with Crippen LogP contribution in [0.3, 0.4) is 0 Å². The Hall–Kier alpha value is -1.46. The number of ether oxygens (including phenoxy) is 1. The smallest absolute Gasteiger partial charge is 0.381 e. The zero-order chi connectivity index (χ0) is 12.1. The van der Waals surface area contributed by atoms with E-state index in [-0.39, 0.29) is 18.8 Å². The van der Waals surface area contributed by atoms with Crippen molar-refractivity contribution in [3.05, 3.63) is 10.1 Å². The van der Waals surface area contributed by atoms with Crippen LogP contribution in [0.5, 0.6) is 0 Å². The van der Waals surface area contributed by atoms with Gasteiger partial charge in [0.2, 0.25) is 0 Å². The Morgan fingerprint density at radius 3 is 2.88 bits per heavy atom. The van der Waals surface area contributed by atoms with Gasteiger partial charge in [-0.3, -0.25) is 14.9 Å². The molecule has 0 radical (unpaired) electrons. The monoisotopic (exact) mass is 229 g/mol. The quantitative estimate of drug-likeness (QED) is 0.407. The number of nitrogens with zero attached hydrogens (tertiary/aromatic N) is 1. The maximum absolute atomic E-state index is 11.4. The number of nitro groups is 1.